The number of nitrogens with zero attached hydrogens (tertiary/aromatic N) is 2. The van der Waals surface area contributed by atoms with Crippen LogP contribution in [0.1, 0.15) is 25.3 Å². The zero-order valence-corrected chi connectivity index (χ0v) is 13.8. The molecule has 0 bridgehead atoms. The lowest BCUT2D eigenvalue weighted by Gasteiger charge is -2.22. The SMILES string of the molecule is CCN(c1cccc(C)c1)c1ccc(NC(=O)CCC(=O)O)cn1. The van der Waals surface area contributed by atoms with Gasteiger partial charge in [0.2, 0.25) is 5.91 Å². The maximum atomic E-state index is 11.6. The summed E-state index contributed by atoms with van der Waals surface area (Å²) in [5.74, 6) is -0.542. The van der Waals surface area contributed by atoms with Crippen LogP contribution in [0.5, 0.6) is 0 Å². The molecule has 0 saturated heterocycles. The van der Waals surface area contributed by atoms with Crippen molar-refractivity contribution < 1.29 is 14.7 Å². The van der Waals surface area contributed by atoms with E-state index in [2.05, 4.69) is 21.3 Å². The first kappa shape index (κ1) is 17.5. The average Bonchev–Trinajstić information content (AvgIpc) is 2.55. The van der Waals surface area contributed by atoms with Crippen LogP contribution < -0.4 is 10.2 Å². The first-order valence-electron chi connectivity index (χ1n) is 7.81. The molecule has 6 nitrogen and oxygen atoms in total. The van der Waals surface area contributed by atoms with Gasteiger partial charge in [0.05, 0.1) is 18.3 Å². The van der Waals surface area contributed by atoms with E-state index >= 15 is 0 Å². The molecule has 0 aliphatic heterocycles. The molecule has 2 aromatic rings. The summed E-state index contributed by atoms with van der Waals surface area (Å²) in [4.78, 5) is 28.6. The Hall–Kier alpha value is -2.89. The molecule has 1 amide bonds. The van der Waals surface area contributed by atoms with E-state index in [0.29, 0.717) is 5.69 Å². The number of aliphatic carboxylic acids is 1. The van der Waals surface area contributed by atoms with E-state index in [0.717, 1.165) is 18.1 Å². The van der Waals surface area contributed by atoms with Crippen molar-refractivity contribution >= 4 is 29.1 Å². The van der Waals surface area contributed by atoms with Gasteiger partial charge in [-0.3, -0.25) is 9.59 Å². The van der Waals surface area contributed by atoms with Crippen molar-refractivity contribution in [1.82, 2.24) is 4.98 Å². The first-order chi connectivity index (χ1) is 11.5. The second kappa shape index (κ2) is 8.10. The number of carbonyl (C=O) groups is 2. The molecule has 2 rings (SSSR count). The van der Waals surface area contributed by atoms with E-state index < -0.39 is 5.97 Å². The highest BCUT2D eigenvalue weighted by molar-refractivity contribution is 5.92. The van der Waals surface area contributed by atoms with E-state index in [1.54, 1.807) is 12.3 Å². The van der Waals surface area contributed by atoms with E-state index in [1.807, 2.05) is 38.1 Å². The summed E-state index contributed by atoms with van der Waals surface area (Å²) in [6, 6.07) is 11.8. The quantitative estimate of drug-likeness (QED) is 0.815. The van der Waals surface area contributed by atoms with Crippen LogP contribution in [-0.2, 0) is 9.59 Å². The number of carbonyl (C=O) groups excluding carboxylic acids is 1. The number of aryl methyl sites for hydroxylation is 1. The van der Waals surface area contributed by atoms with Gasteiger partial charge in [0.1, 0.15) is 5.82 Å². The van der Waals surface area contributed by atoms with Gasteiger partial charge in [-0.15, -0.1) is 0 Å². The van der Waals surface area contributed by atoms with Crippen molar-refractivity contribution in [1.29, 1.82) is 0 Å². The molecular formula is C18H21N3O3. The summed E-state index contributed by atoms with van der Waals surface area (Å²) >= 11 is 0. The molecule has 1 heterocycles. The number of carboxylic acids is 1. The van der Waals surface area contributed by atoms with Crippen LogP contribution >= 0.6 is 0 Å². The molecule has 0 fully saturated rings. The number of hydrogen-bond donors (Lipinski definition) is 2. The molecule has 0 unspecified atom stereocenters. The molecule has 1 aromatic carbocycles. The highest BCUT2D eigenvalue weighted by atomic mass is 16.4. The Balaban J connectivity index is 2.07. The maximum absolute atomic E-state index is 11.6. The Morgan fingerprint density at radius 3 is 2.58 bits per heavy atom. The molecule has 0 radical (unpaired) electrons. The van der Waals surface area contributed by atoms with Gasteiger partial charge < -0.3 is 15.3 Å². The largest absolute Gasteiger partial charge is 0.481 e. The van der Waals surface area contributed by atoms with Crippen molar-refractivity contribution in [3.8, 4) is 0 Å². The van der Waals surface area contributed by atoms with Crippen LogP contribution in [0.25, 0.3) is 0 Å². The minimum Gasteiger partial charge on any atom is -0.481 e. The number of aromatic nitrogens is 1. The van der Waals surface area contributed by atoms with Crippen LogP contribution in [0.15, 0.2) is 42.6 Å². The predicted octanol–water partition coefficient (Wildman–Crippen LogP) is 3.35. The van der Waals surface area contributed by atoms with Gasteiger partial charge >= 0.3 is 5.97 Å². The monoisotopic (exact) mass is 327 g/mol. The summed E-state index contributed by atoms with van der Waals surface area (Å²) in [6.45, 7) is 4.85. The van der Waals surface area contributed by atoms with Crippen LogP contribution in [0.2, 0.25) is 0 Å². The zero-order valence-electron chi connectivity index (χ0n) is 13.8. The van der Waals surface area contributed by atoms with Crippen molar-refractivity contribution in [2.24, 2.45) is 0 Å². The van der Waals surface area contributed by atoms with Gasteiger partial charge in [0.25, 0.3) is 0 Å². The zero-order chi connectivity index (χ0) is 17.5. The first-order valence-corrected chi connectivity index (χ1v) is 7.81. The van der Waals surface area contributed by atoms with Gasteiger partial charge in [-0.25, -0.2) is 4.98 Å². The Bertz CT molecular complexity index is 714. The standard InChI is InChI=1S/C18H21N3O3/c1-3-21(15-6-4-5-13(2)11-15)16-8-7-14(12-19-16)20-17(22)9-10-18(23)24/h4-8,11-12H,3,9-10H2,1-2H3,(H,20,22)(H,23,24). The van der Waals surface area contributed by atoms with Gasteiger partial charge in [0.15, 0.2) is 0 Å². The minimum absolute atomic E-state index is 0.0541. The van der Waals surface area contributed by atoms with Gasteiger partial charge in [0, 0.05) is 18.7 Å². The molecule has 126 valence electrons. The van der Waals surface area contributed by atoms with Crippen LogP contribution in [0.3, 0.4) is 0 Å². The third-order valence-corrected chi connectivity index (χ3v) is 3.50. The highest BCUT2D eigenvalue weighted by Crippen LogP contribution is 2.24. The number of nitrogens with one attached hydrogen (secondary N) is 1. The average molecular weight is 327 g/mol. The minimum atomic E-state index is -0.990. The molecule has 1 aromatic heterocycles. The summed E-state index contributed by atoms with van der Waals surface area (Å²) in [7, 11) is 0. The molecule has 24 heavy (non-hydrogen) atoms. The van der Waals surface area contributed by atoms with E-state index in [-0.39, 0.29) is 18.7 Å². The fourth-order valence-electron chi connectivity index (χ4n) is 2.34. The molecule has 0 atom stereocenters. The number of carboxylic acid groups (broad SMARTS) is 1. The number of benzene rings is 1. The number of anilines is 3. The topological polar surface area (TPSA) is 82.5 Å². The van der Waals surface area contributed by atoms with Gasteiger partial charge in [-0.05, 0) is 43.7 Å². The number of hydrogen-bond acceptors (Lipinski definition) is 4. The van der Waals surface area contributed by atoms with Gasteiger partial charge in [-0.1, -0.05) is 12.1 Å². The molecule has 0 aliphatic carbocycles. The number of rotatable bonds is 7. The molecule has 0 aliphatic rings. The Kier molecular flexibility index (Phi) is 5.89. The molecule has 0 spiro atoms. The third kappa shape index (κ3) is 4.81. The Morgan fingerprint density at radius 2 is 2.00 bits per heavy atom. The van der Waals surface area contributed by atoms with Crippen molar-refractivity contribution in [2.45, 2.75) is 26.7 Å². The van der Waals surface area contributed by atoms with E-state index in [1.165, 1.54) is 5.56 Å². The van der Waals surface area contributed by atoms with Crippen LogP contribution in [0, 0.1) is 6.92 Å². The lowest BCUT2D eigenvalue weighted by atomic mass is 10.2. The summed E-state index contributed by atoms with van der Waals surface area (Å²) in [6.07, 6.45) is 1.34. The van der Waals surface area contributed by atoms with E-state index in [9.17, 15) is 9.59 Å². The summed E-state index contributed by atoms with van der Waals surface area (Å²) in [5.41, 5.74) is 2.78. The van der Waals surface area contributed by atoms with E-state index in [4.69, 9.17) is 5.11 Å². The van der Waals surface area contributed by atoms with Crippen LogP contribution in [-0.4, -0.2) is 28.5 Å². The van der Waals surface area contributed by atoms with Gasteiger partial charge in [-0.2, -0.15) is 0 Å². The molecular weight excluding hydrogens is 306 g/mol. The lowest BCUT2D eigenvalue weighted by molar-refractivity contribution is -0.138. The van der Waals surface area contributed by atoms with Crippen LogP contribution in [0.4, 0.5) is 17.2 Å². The maximum Gasteiger partial charge on any atom is 0.303 e. The van der Waals surface area contributed by atoms with Crippen molar-refractivity contribution in [2.75, 3.05) is 16.8 Å². The Morgan fingerprint density at radius 1 is 1.21 bits per heavy atom. The summed E-state index contributed by atoms with van der Waals surface area (Å²) in [5, 5.41) is 11.2. The molecule has 0 saturated carbocycles. The summed E-state index contributed by atoms with van der Waals surface area (Å²) < 4.78 is 0. The molecule has 6 heteroatoms. The number of amides is 1. The van der Waals surface area contributed by atoms with Crippen molar-refractivity contribution in [3.63, 3.8) is 0 Å². The fourth-order valence-corrected chi connectivity index (χ4v) is 2.34. The number of pyridine rings is 1. The second-order valence-electron chi connectivity index (χ2n) is 5.43. The van der Waals surface area contributed by atoms with Crippen molar-refractivity contribution in [3.05, 3.63) is 48.2 Å². The smallest absolute Gasteiger partial charge is 0.303 e. The molecule has 2 N–H and O–H groups in total. The fraction of sp³-hybridized carbons (Fsp3) is 0.278. The third-order valence-electron chi connectivity index (χ3n) is 3.50. The Labute approximate surface area is 141 Å². The lowest BCUT2D eigenvalue weighted by Crippen LogP contribution is -2.18. The predicted molar refractivity (Wildman–Crippen MR) is 93.6 cm³/mol. The normalized spacial score (nSPS) is 10.2. The second-order valence-corrected chi connectivity index (χ2v) is 5.43. The highest BCUT2D eigenvalue weighted by Gasteiger charge is 2.10.